The lowest BCUT2D eigenvalue weighted by Gasteiger charge is -2.22. The van der Waals surface area contributed by atoms with Gasteiger partial charge in [0, 0.05) is 12.1 Å². The molecule has 0 bridgehead atoms. The van der Waals surface area contributed by atoms with Crippen LogP contribution in [0.3, 0.4) is 0 Å². The average molecular weight is 325 g/mol. The van der Waals surface area contributed by atoms with Crippen molar-refractivity contribution < 1.29 is 9.66 Å². The number of nitrogen functional groups attached to an aromatic ring is 1. The van der Waals surface area contributed by atoms with Crippen molar-refractivity contribution in [1.29, 1.82) is 5.26 Å². The SMILES string of the molecule is CCCc1nn(N)c2c1C(c1cccc([N+](=O)[O-])c1)C(C#N)=CO2. The Balaban J connectivity index is 2.20. The lowest BCUT2D eigenvalue weighted by atomic mass is 9.84. The lowest BCUT2D eigenvalue weighted by molar-refractivity contribution is -0.384. The highest BCUT2D eigenvalue weighted by molar-refractivity contribution is 5.55. The molecule has 0 amide bonds. The zero-order valence-corrected chi connectivity index (χ0v) is 13.0. The van der Waals surface area contributed by atoms with E-state index in [9.17, 15) is 15.4 Å². The summed E-state index contributed by atoms with van der Waals surface area (Å²) >= 11 is 0. The first-order valence-electron chi connectivity index (χ1n) is 7.44. The fraction of sp³-hybridized carbons (Fsp3) is 0.250. The summed E-state index contributed by atoms with van der Waals surface area (Å²) in [7, 11) is 0. The lowest BCUT2D eigenvalue weighted by Crippen LogP contribution is -2.16. The Morgan fingerprint density at radius 2 is 2.33 bits per heavy atom. The second-order valence-electron chi connectivity index (χ2n) is 5.45. The van der Waals surface area contributed by atoms with Gasteiger partial charge in [-0.25, -0.2) is 0 Å². The standard InChI is InChI=1S/C16H15N5O3/c1-2-4-13-15-14(10-5-3-6-12(7-10)21(22)23)11(8-17)9-24-16(15)20(18)19-13/h3,5-7,9,14H,2,4,18H2,1H3. The molecule has 0 aliphatic carbocycles. The number of rotatable bonds is 4. The number of hydrogen-bond donors (Lipinski definition) is 1. The summed E-state index contributed by atoms with van der Waals surface area (Å²) in [6, 6.07) is 8.34. The number of benzene rings is 1. The fourth-order valence-corrected chi connectivity index (χ4v) is 2.90. The Bertz CT molecular complexity index is 878. The maximum Gasteiger partial charge on any atom is 0.269 e. The normalized spacial score (nSPS) is 15.8. The van der Waals surface area contributed by atoms with Crippen molar-refractivity contribution in [2.45, 2.75) is 25.7 Å². The largest absolute Gasteiger partial charge is 0.444 e. The van der Waals surface area contributed by atoms with E-state index in [1.165, 1.54) is 18.4 Å². The van der Waals surface area contributed by atoms with Crippen molar-refractivity contribution in [3.05, 3.63) is 63.0 Å². The van der Waals surface area contributed by atoms with Crippen LogP contribution in [-0.2, 0) is 6.42 Å². The molecule has 1 aliphatic heterocycles. The molecule has 0 saturated heterocycles. The minimum absolute atomic E-state index is 0.0324. The molecule has 2 heterocycles. The van der Waals surface area contributed by atoms with Gasteiger partial charge in [0.15, 0.2) is 0 Å². The number of hydrogen-bond acceptors (Lipinski definition) is 6. The van der Waals surface area contributed by atoms with Gasteiger partial charge in [-0.05, 0) is 12.0 Å². The molecular weight excluding hydrogens is 310 g/mol. The molecule has 8 heteroatoms. The molecule has 1 aromatic carbocycles. The molecule has 0 fully saturated rings. The van der Waals surface area contributed by atoms with E-state index in [1.54, 1.807) is 12.1 Å². The van der Waals surface area contributed by atoms with Crippen LogP contribution in [0.2, 0.25) is 0 Å². The number of aromatic nitrogens is 2. The third-order valence-electron chi connectivity index (χ3n) is 3.91. The predicted molar refractivity (Wildman–Crippen MR) is 85.6 cm³/mol. The number of nitrogens with zero attached hydrogens (tertiary/aromatic N) is 4. The van der Waals surface area contributed by atoms with E-state index in [0.717, 1.165) is 16.9 Å². The second-order valence-corrected chi connectivity index (χ2v) is 5.45. The van der Waals surface area contributed by atoms with Gasteiger partial charge in [-0.2, -0.15) is 10.4 Å². The van der Waals surface area contributed by atoms with Crippen molar-refractivity contribution in [3.63, 3.8) is 0 Å². The molecule has 122 valence electrons. The summed E-state index contributed by atoms with van der Waals surface area (Å²) in [5, 5.41) is 24.8. The van der Waals surface area contributed by atoms with Crippen molar-refractivity contribution in [3.8, 4) is 11.9 Å². The summed E-state index contributed by atoms with van der Waals surface area (Å²) in [4.78, 5) is 11.8. The van der Waals surface area contributed by atoms with Crippen LogP contribution in [0.1, 0.15) is 36.1 Å². The molecule has 1 atom stereocenters. The summed E-state index contributed by atoms with van der Waals surface area (Å²) in [5.74, 6) is 5.73. The number of non-ortho nitro benzene ring substituents is 1. The topological polar surface area (TPSA) is 120 Å². The highest BCUT2D eigenvalue weighted by Gasteiger charge is 2.34. The maximum atomic E-state index is 11.1. The Labute approximate surface area is 137 Å². The zero-order valence-electron chi connectivity index (χ0n) is 13.0. The number of fused-ring (bicyclic) bond motifs is 1. The van der Waals surface area contributed by atoms with Crippen molar-refractivity contribution in [1.82, 2.24) is 9.89 Å². The van der Waals surface area contributed by atoms with Crippen molar-refractivity contribution in [2.24, 2.45) is 0 Å². The maximum absolute atomic E-state index is 11.1. The van der Waals surface area contributed by atoms with Crippen LogP contribution in [0.5, 0.6) is 5.88 Å². The third kappa shape index (κ3) is 2.46. The van der Waals surface area contributed by atoms with Crippen LogP contribution in [0, 0.1) is 21.4 Å². The highest BCUT2D eigenvalue weighted by atomic mass is 16.6. The molecule has 0 saturated carbocycles. The van der Waals surface area contributed by atoms with Crippen LogP contribution in [-0.4, -0.2) is 14.8 Å². The molecular formula is C16H15N5O3. The summed E-state index contributed by atoms with van der Waals surface area (Å²) in [5.41, 5.74) is 2.38. The van der Waals surface area contributed by atoms with Crippen LogP contribution in [0.4, 0.5) is 5.69 Å². The van der Waals surface area contributed by atoms with Gasteiger partial charge >= 0.3 is 0 Å². The van der Waals surface area contributed by atoms with E-state index in [4.69, 9.17) is 10.6 Å². The fourth-order valence-electron chi connectivity index (χ4n) is 2.90. The number of aryl methyl sites for hydroxylation is 1. The molecule has 0 radical (unpaired) electrons. The zero-order chi connectivity index (χ0) is 17.3. The monoisotopic (exact) mass is 325 g/mol. The molecule has 2 N–H and O–H groups in total. The summed E-state index contributed by atoms with van der Waals surface area (Å²) in [6.45, 7) is 2.01. The number of nitrogens with two attached hydrogens (primary N) is 1. The van der Waals surface area contributed by atoms with E-state index in [-0.39, 0.29) is 5.69 Å². The Hall–Kier alpha value is -3.34. The van der Waals surface area contributed by atoms with Crippen LogP contribution >= 0.6 is 0 Å². The van der Waals surface area contributed by atoms with Gasteiger partial charge < -0.3 is 10.6 Å². The summed E-state index contributed by atoms with van der Waals surface area (Å²) in [6.07, 6.45) is 2.84. The van der Waals surface area contributed by atoms with E-state index >= 15 is 0 Å². The predicted octanol–water partition coefficient (Wildman–Crippen LogP) is 2.39. The van der Waals surface area contributed by atoms with Gasteiger partial charge in [-0.1, -0.05) is 25.5 Å². The molecule has 2 aromatic rings. The number of nitriles is 1. The summed E-state index contributed by atoms with van der Waals surface area (Å²) < 4.78 is 5.47. The Morgan fingerprint density at radius 1 is 1.54 bits per heavy atom. The van der Waals surface area contributed by atoms with Crippen LogP contribution in [0.25, 0.3) is 0 Å². The Kier molecular flexibility index (Phi) is 3.92. The molecule has 0 spiro atoms. The van der Waals surface area contributed by atoms with Crippen molar-refractivity contribution in [2.75, 3.05) is 5.84 Å². The molecule has 3 rings (SSSR count). The first-order valence-corrected chi connectivity index (χ1v) is 7.44. The third-order valence-corrected chi connectivity index (χ3v) is 3.91. The quantitative estimate of drug-likeness (QED) is 0.523. The highest BCUT2D eigenvalue weighted by Crippen LogP contribution is 2.42. The van der Waals surface area contributed by atoms with Gasteiger partial charge in [-0.3, -0.25) is 10.1 Å². The first-order chi connectivity index (χ1) is 11.6. The van der Waals surface area contributed by atoms with E-state index in [1.807, 2.05) is 6.92 Å². The van der Waals surface area contributed by atoms with Crippen LogP contribution in [0.15, 0.2) is 36.1 Å². The van der Waals surface area contributed by atoms with E-state index < -0.39 is 10.8 Å². The molecule has 1 unspecified atom stereocenters. The molecule has 1 aliphatic rings. The second kappa shape index (κ2) is 6.04. The minimum Gasteiger partial charge on any atom is -0.444 e. The van der Waals surface area contributed by atoms with Crippen molar-refractivity contribution >= 4 is 5.69 Å². The number of nitro groups is 1. The minimum atomic E-state index is -0.488. The number of allylic oxidation sites excluding steroid dienone is 1. The average Bonchev–Trinajstić information content (AvgIpc) is 2.90. The van der Waals surface area contributed by atoms with Gasteiger partial charge in [0.2, 0.25) is 5.88 Å². The van der Waals surface area contributed by atoms with E-state index in [0.29, 0.717) is 29.0 Å². The molecule has 24 heavy (non-hydrogen) atoms. The van der Waals surface area contributed by atoms with Gasteiger partial charge in [0.05, 0.1) is 33.7 Å². The smallest absolute Gasteiger partial charge is 0.269 e. The number of ether oxygens (including phenoxy) is 1. The van der Waals surface area contributed by atoms with E-state index in [2.05, 4.69) is 11.2 Å². The Morgan fingerprint density at radius 3 is 3.00 bits per heavy atom. The van der Waals surface area contributed by atoms with Gasteiger partial charge in [-0.15, -0.1) is 4.79 Å². The first kappa shape index (κ1) is 15.6. The number of nitro benzene ring substituents is 1. The van der Waals surface area contributed by atoms with Crippen LogP contribution < -0.4 is 10.6 Å². The van der Waals surface area contributed by atoms with Gasteiger partial charge in [0.1, 0.15) is 6.26 Å². The molecule has 8 nitrogen and oxygen atoms in total. The van der Waals surface area contributed by atoms with Gasteiger partial charge in [0.25, 0.3) is 5.69 Å². The molecule has 1 aromatic heterocycles.